The molecule has 0 heterocycles. The number of hydrogen-bond donors (Lipinski definition) is 1. The summed E-state index contributed by atoms with van der Waals surface area (Å²) in [6.07, 6.45) is 0. The Bertz CT molecular complexity index is 108. The predicted molar refractivity (Wildman–Crippen MR) is 38.2 cm³/mol. The molecule has 1 N–H and O–H groups in total. The average molecular weight is 196 g/mol. The van der Waals surface area contributed by atoms with Crippen LogP contribution in [-0.2, 0) is 9.63 Å². The fourth-order valence-electron chi connectivity index (χ4n) is 0.214. The normalized spacial score (nSPS) is 11.1. The third-order valence-corrected chi connectivity index (χ3v) is 1.00. The molecule has 0 atom stereocenters. The van der Waals surface area contributed by atoms with E-state index in [1.54, 1.807) is 13.8 Å². The molecular weight excluding hydrogens is 186 g/mol. The van der Waals surface area contributed by atoms with Crippen LogP contribution in [0.5, 0.6) is 0 Å². The predicted octanol–water partition coefficient (Wildman–Crippen LogP) is 0.837. The van der Waals surface area contributed by atoms with Crippen molar-refractivity contribution in [1.29, 1.82) is 0 Å². The van der Waals surface area contributed by atoms with Crippen LogP contribution in [0.15, 0.2) is 0 Å². The lowest BCUT2D eigenvalue weighted by Gasteiger charge is -2.12. The quantitative estimate of drug-likeness (QED) is 0.525. The van der Waals surface area contributed by atoms with Crippen molar-refractivity contribution in [2.75, 3.05) is 7.05 Å². The largest absolute Gasteiger partial charge is 0.370 e. The Hall–Kier alpha value is -0.0900. The molecule has 0 aromatic carbocycles. The van der Waals surface area contributed by atoms with Crippen molar-refractivity contribution in [2.24, 2.45) is 0 Å². The van der Waals surface area contributed by atoms with E-state index in [0.717, 1.165) is 0 Å². The van der Waals surface area contributed by atoms with Gasteiger partial charge in [0.1, 0.15) is 4.32 Å². The Kier molecular flexibility index (Phi) is 3.14. The summed E-state index contributed by atoms with van der Waals surface area (Å²) < 4.78 is -0.601. The summed E-state index contributed by atoms with van der Waals surface area (Å²) >= 11 is 3.13. The van der Waals surface area contributed by atoms with Crippen LogP contribution in [0.3, 0.4) is 0 Å². The summed E-state index contributed by atoms with van der Waals surface area (Å²) in [6, 6.07) is 0. The van der Waals surface area contributed by atoms with E-state index >= 15 is 0 Å². The van der Waals surface area contributed by atoms with Crippen LogP contribution < -0.4 is 5.48 Å². The van der Waals surface area contributed by atoms with Gasteiger partial charge < -0.3 is 4.84 Å². The Balaban J connectivity index is 3.74. The van der Waals surface area contributed by atoms with Crippen LogP contribution in [0.2, 0.25) is 0 Å². The summed E-state index contributed by atoms with van der Waals surface area (Å²) in [6.45, 7) is 3.43. The molecule has 0 aromatic heterocycles. The first-order chi connectivity index (χ1) is 3.98. The van der Waals surface area contributed by atoms with E-state index in [1.165, 1.54) is 7.05 Å². The maximum absolute atomic E-state index is 10.7. The molecule has 0 bridgehead atoms. The Labute approximate surface area is 62.8 Å². The van der Waals surface area contributed by atoms with Gasteiger partial charge >= 0.3 is 5.97 Å². The van der Waals surface area contributed by atoms with Gasteiger partial charge in [0.25, 0.3) is 0 Å². The van der Waals surface area contributed by atoms with Gasteiger partial charge in [0.05, 0.1) is 0 Å². The second kappa shape index (κ2) is 3.17. The first-order valence-corrected chi connectivity index (χ1v) is 3.34. The van der Waals surface area contributed by atoms with Crippen LogP contribution >= 0.6 is 15.9 Å². The highest BCUT2D eigenvalue weighted by atomic mass is 79.9. The van der Waals surface area contributed by atoms with E-state index in [4.69, 9.17) is 0 Å². The molecule has 0 aliphatic heterocycles. The lowest BCUT2D eigenvalue weighted by Crippen LogP contribution is -2.30. The van der Waals surface area contributed by atoms with Crippen molar-refractivity contribution in [3.63, 3.8) is 0 Å². The SMILES string of the molecule is CNOC(=O)C(C)(C)Br. The topological polar surface area (TPSA) is 38.3 Å². The van der Waals surface area contributed by atoms with Gasteiger partial charge in [-0.15, -0.1) is 0 Å². The highest BCUT2D eigenvalue weighted by Gasteiger charge is 2.25. The van der Waals surface area contributed by atoms with Crippen LogP contribution in [0.4, 0.5) is 0 Å². The second-order valence-electron chi connectivity index (χ2n) is 2.07. The van der Waals surface area contributed by atoms with Crippen molar-refractivity contribution >= 4 is 21.9 Å². The Morgan fingerprint density at radius 3 is 2.22 bits per heavy atom. The molecule has 0 aliphatic rings. The van der Waals surface area contributed by atoms with Gasteiger partial charge in [-0.1, -0.05) is 15.9 Å². The molecule has 9 heavy (non-hydrogen) atoms. The van der Waals surface area contributed by atoms with Crippen molar-refractivity contribution < 1.29 is 9.63 Å². The number of hydroxylamine groups is 1. The summed E-state index contributed by atoms with van der Waals surface area (Å²) in [7, 11) is 1.54. The minimum absolute atomic E-state index is 0.329. The molecular formula is C5H10BrNO2. The first kappa shape index (κ1) is 8.91. The van der Waals surface area contributed by atoms with Crippen LogP contribution in [0.25, 0.3) is 0 Å². The third-order valence-electron chi connectivity index (χ3n) is 0.680. The van der Waals surface area contributed by atoms with E-state index in [-0.39, 0.29) is 5.97 Å². The van der Waals surface area contributed by atoms with Crippen LogP contribution in [0, 0.1) is 0 Å². The lowest BCUT2D eigenvalue weighted by molar-refractivity contribution is -0.151. The third kappa shape index (κ3) is 3.48. The molecule has 0 aromatic rings. The van der Waals surface area contributed by atoms with Gasteiger partial charge in [-0.05, 0) is 13.8 Å². The first-order valence-electron chi connectivity index (χ1n) is 2.55. The minimum Gasteiger partial charge on any atom is -0.370 e. The molecule has 54 valence electrons. The maximum Gasteiger partial charge on any atom is 0.340 e. The number of halogens is 1. The van der Waals surface area contributed by atoms with Crippen molar-refractivity contribution in [1.82, 2.24) is 5.48 Å². The number of rotatable bonds is 2. The lowest BCUT2D eigenvalue weighted by atomic mass is 10.2. The van der Waals surface area contributed by atoms with Gasteiger partial charge in [-0.3, -0.25) is 0 Å². The monoisotopic (exact) mass is 195 g/mol. The minimum atomic E-state index is -0.601. The van der Waals surface area contributed by atoms with Gasteiger partial charge in [-0.2, -0.15) is 5.48 Å². The van der Waals surface area contributed by atoms with E-state index in [9.17, 15) is 4.79 Å². The average Bonchev–Trinajstić information content (AvgIpc) is 1.64. The molecule has 0 unspecified atom stereocenters. The Morgan fingerprint density at radius 2 is 2.11 bits per heavy atom. The van der Waals surface area contributed by atoms with Crippen molar-refractivity contribution in [3.05, 3.63) is 0 Å². The molecule has 3 nitrogen and oxygen atoms in total. The van der Waals surface area contributed by atoms with Gasteiger partial charge in [0, 0.05) is 7.05 Å². The Morgan fingerprint density at radius 1 is 1.67 bits per heavy atom. The molecule has 0 amide bonds. The smallest absolute Gasteiger partial charge is 0.340 e. The molecule has 0 saturated heterocycles. The van der Waals surface area contributed by atoms with Gasteiger partial charge in [-0.25, -0.2) is 4.79 Å². The highest BCUT2D eigenvalue weighted by molar-refractivity contribution is 9.10. The molecule has 0 saturated carbocycles. The molecule has 0 spiro atoms. The number of alkyl halides is 1. The maximum atomic E-state index is 10.7. The zero-order chi connectivity index (χ0) is 7.49. The van der Waals surface area contributed by atoms with E-state index in [1.807, 2.05) is 0 Å². The van der Waals surface area contributed by atoms with E-state index in [0.29, 0.717) is 0 Å². The number of carbonyl (C=O) groups is 1. The second-order valence-corrected chi connectivity index (χ2v) is 4.05. The standard InChI is InChI=1S/C5H10BrNO2/c1-5(2,6)4(8)9-7-3/h7H,1-3H3. The molecule has 0 radical (unpaired) electrons. The van der Waals surface area contributed by atoms with Gasteiger partial charge in [0.2, 0.25) is 0 Å². The number of nitrogens with one attached hydrogen (secondary N) is 1. The molecule has 0 fully saturated rings. The summed E-state index contributed by atoms with van der Waals surface area (Å²) in [5.74, 6) is -0.329. The highest BCUT2D eigenvalue weighted by Crippen LogP contribution is 2.16. The number of hydrogen-bond acceptors (Lipinski definition) is 3. The van der Waals surface area contributed by atoms with Gasteiger partial charge in [0.15, 0.2) is 0 Å². The van der Waals surface area contributed by atoms with E-state index in [2.05, 4.69) is 26.2 Å². The number of carbonyl (C=O) groups excluding carboxylic acids is 1. The summed E-state index contributed by atoms with van der Waals surface area (Å²) in [5, 5.41) is 0. The molecule has 0 rings (SSSR count). The summed E-state index contributed by atoms with van der Waals surface area (Å²) in [4.78, 5) is 15.2. The van der Waals surface area contributed by atoms with Crippen molar-refractivity contribution in [2.45, 2.75) is 18.2 Å². The molecule has 0 aliphatic carbocycles. The van der Waals surface area contributed by atoms with Crippen LogP contribution in [0.1, 0.15) is 13.8 Å². The van der Waals surface area contributed by atoms with E-state index < -0.39 is 4.32 Å². The fraction of sp³-hybridized carbons (Fsp3) is 0.800. The zero-order valence-corrected chi connectivity index (χ0v) is 7.28. The molecule has 4 heteroatoms. The zero-order valence-electron chi connectivity index (χ0n) is 5.69. The summed E-state index contributed by atoms with van der Waals surface area (Å²) in [5.41, 5.74) is 2.29. The fourth-order valence-corrected chi connectivity index (χ4v) is 0.295. The van der Waals surface area contributed by atoms with Crippen molar-refractivity contribution in [3.8, 4) is 0 Å². The van der Waals surface area contributed by atoms with Crippen LogP contribution in [-0.4, -0.2) is 17.3 Å².